The van der Waals surface area contributed by atoms with Crippen LogP contribution in [0.25, 0.3) is 0 Å². The van der Waals surface area contributed by atoms with Gasteiger partial charge in [0, 0.05) is 17.6 Å². The number of aromatic nitrogens is 3. The fourth-order valence-corrected chi connectivity index (χ4v) is 3.45. The molecule has 0 fully saturated rings. The van der Waals surface area contributed by atoms with Crippen LogP contribution in [-0.2, 0) is 13.7 Å². The second-order valence-electron chi connectivity index (χ2n) is 5.98. The number of benzene rings is 2. The molecule has 0 unspecified atom stereocenters. The van der Waals surface area contributed by atoms with E-state index in [9.17, 15) is 4.79 Å². The standard InChI is InChI=1S/C20H20ClN3O4S/c1-24-19(11-28-15-7-5-14(21)6-8-15)22-23-20(24)29-12-16(25)13-4-9-17(26-2)18(10-13)27-3/h4-10H,11-12H2,1-3H3. The molecule has 152 valence electrons. The molecule has 9 heteroatoms. The van der Waals surface area contributed by atoms with Gasteiger partial charge in [0.25, 0.3) is 0 Å². The number of carbonyl (C=O) groups excluding carboxylic acids is 1. The minimum Gasteiger partial charge on any atom is -0.493 e. The van der Waals surface area contributed by atoms with Crippen molar-refractivity contribution in [2.24, 2.45) is 7.05 Å². The number of hydrogen-bond acceptors (Lipinski definition) is 7. The van der Waals surface area contributed by atoms with Gasteiger partial charge in [-0.1, -0.05) is 23.4 Å². The Morgan fingerprint density at radius 3 is 2.48 bits per heavy atom. The van der Waals surface area contributed by atoms with Gasteiger partial charge < -0.3 is 18.8 Å². The minimum atomic E-state index is -0.0436. The fraction of sp³-hybridized carbons (Fsp3) is 0.250. The molecule has 0 aliphatic rings. The average Bonchev–Trinajstić information content (AvgIpc) is 3.10. The molecule has 0 spiro atoms. The summed E-state index contributed by atoms with van der Waals surface area (Å²) in [5.41, 5.74) is 0.545. The first-order chi connectivity index (χ1) is 14.0. The normalized spacial score (nSPS) is 10.6. The molecule has 0 saturated heterocycles. The number of carbonyl (C=O) groups is 1. The lowest BCUT2D eigenvalue weighted by molar-refractivity contribution is 0.102. The van der Waals surface area contributed by atoms with Crippen molar-refractivity contribution in [1.29, 1.82) is 0 Å². The summed E-state index contributed by atoms with van der Waals surface area (Å²) >= 11 is 7.18. The number of thioether (sulfide) groups is 1. The van der Waals surface area contributed by atoms with Crippen molar-refractivity contribution in [3.63, 3.8) is 0 Å². The third-order valence-corrected chi connectivity index (χ3v) is 5.42. The van der Waals surface area contributed by atoms with Gasteiger partial charge >= 0.3 is 0 Å². The van der Waals surface area contributed by atoms with Crippen molar-refractivity contribution in [3.05, 3.63) is 58.9 Å². The lowest BCUT2D eigenvalue weighted by Crippen LogP contribution is -2.06. The van der Waals surface area contributed by atoms with E-state index in [4.69, 9.17) is 25.8 Å². The number of ether oxygens (including phenoxy) is 3. The van der Waals surface area contributed by atoms with E-state index in [0.29, 0.717) is 38.8 Å². The van der Waals surface area contributed by atoms with Gasteiger partial charge in [-0.3, -0.25) is 4.79 Å². The lowest BCUT2D eigenvalue weighted by Gasteiger charge is -2.09. The van der Waals surface area contributed by atoms with Crippen molar-refractivity contribution in [2.75, 3.05) is 20.0 Å². The number of ketones is 1. The van der Waals surface area contributed by atoms with E-state index in [0.717, 1.165) is 0 Å². The summed E-state index contributed by atoms with van der Waals surface area (Å²) in [6.45, 7) is 0.259. The summed E-state index contributed by atoms with van der Waals surface area (Å²) in [4.78, 5) is 12.5. The molecule has 7 nitrogen and oxygen atoms in total. The zero-order valence-electron chi connectivity index (χ0n) is 16.2. The molecule has 3 aromatic rings. The van der Waals surface area contributed by atoms with Crippen LogP contribution >= 0.6 is 23.4 Å². The van der Waals surface area contributed by atoms with Crippen LogP contribution in [0.4, 0.5) is 0 Å². The number of hydrogen-bond donors (Lipinski definition) is 0. The zero-order valence-corrected chi connectivity index (χ0v) is 17.8. The molecule has 1 aromatic heterocycles. The third-order valence-electron chi connectivity index (χ3n) is 4.14. The van der Waals surface area contributed by atoms with Crippen LogP contribution in [0.2, 0.25) is 5.02 Å². The van der Waals surface area contributed by atoms with Crippen LogP contribution in [0.1, 0.15) is 16.2 Å². The average molecular weight is 434 g/mol. The first-order valence-electron chi connectivity index (χ1n) is 8.66. The zero-order chi connectivity index (χ0) is 20.8. The maximum absolute atomic E-state index is 12.5. The van der Waals surface area contributed by atoms with Crippen molar-refractivity contribution < 1.29 is 19.0 Å². The van der Waals surface area contributed by atoms with Gasteiger partial charge in [0.05, 0.1) is 20.0 Å². The summed E-state index contributed by atoms with van der Waals surface area (Å²) in [6.07, 6.45) is 0. The number of Topliss-reactive ketones (excluding diaryl/α,β-unsaturated/α-hetero) is 1. The van der Waals surface area contributed by atoms with E-state index < -0.39 is 0 Å². The van der Waals surface area contributed by atoms with Crippen molar-refractivity contribution in [1.82, 2.24) is 14.8 Å². The summed E-state index contributed by atoms with van der Waals surface area (Å²) in [6, 6.07) is 12.2. The predicted octanol–water partition coefficient (Wildman–Crippen LogP) is 4.04. The Bertz CT molecular complexity index is 992. The molecule has 2 aromatic carbocycles. The van der Waals surface area contributed by atoms with Gasteiger partial charge in [-0.15, -0.1) is 10.2 Å². The molecule has 0 aliphatic carbocycles. The van der Waals surface area contributed by atoms with Gasteiger partial charge in [0.2, 0.25) is 0 Å². The molecule has 0 aliphatic heterocycles. The fourth-order valence-electron chi connectivity index (χ4n) is 2.50. The number of rotatable bonds is 9. The van der Waals surface area contributed by atoms with Gasteiger partial charge in [-0.25, -0.2) is 0 Å². The molecule has 0 atom stereocenters. The molecule has 3 rings (SSSR count). The van der Waals surface area contributed by atoms with Crippen molar-refractivity contribution in [3.8, 4) is 17.2 Å². The van der Waals surface area contributed by atoms with Crippen LogP contribution in [0.3, 0.4) is 0 Å². The SMILES string of the molecule is COc1ccc(C(=O)CSc2nnc(COc3ccc(Cl)cc3)n2C)cc1OC. The lowest BCUT2D eigenvalue weighted by atomic mass is 10.1. The van der Waals surface area contributed by atoms with E-state index in [1.165, 1.54) is 18.9 Å². The Kier molecular flexibility index (Phi) is 7.00. The Labute approximate surface area is 177 Å². The molecule has 0 N–H and O–H groups in total. The van der Waals surface area contributed by atoms with Crippen LogP contribution in [0.15, 0.2) is 47.6 Å². The minimum absolute atomic E-state index is 0.0436. The van der Waals surface area contributed by atoms with Gasteiger partial charge in [0.15, 0.2) is 28.3 Å². The molecule has 0 bridgehead atoms. The third kappa shape index (κ3) is 5.21. The van der Waals surface area contributed by atoms with Crippen molar-refractivity contribution >= 4 is 29.1 Å². The highest BCUT2D eigenvalue weighted by atomic mass is 35.5. The van der Waals surface area contributed by atoms with Crippen molar-refractivity contribution in [2.45, 2.75) is 11.8 Å². The van der Waals surface area contributed by atoms with E-state index >= 15 is 0 Å². The summed E-state index contributed by atoms with van der Waals surface area (Å²) < 4.78 is 18.0. The molecular formula is C20H20ClN3O4S. The summed E-state index contributed by atoms with van der Waals surface area (Å²) in [5.74, 6) is 2.62. The number of methoxy groups -OCH3 is 2. The smallest absolute Gasteiger partial charge is 0.191 e. The summed E-state index contributed by atoms with van der Waals surface area (Å²) in [7, 11) is 4.93. The maximum atomic E-state index is 12.5. The van der Waals surface area contributed by atoms with Crippen LogP contribution in [0.5, 0.6) is 17.2 Å². The second-order valence-corrected chi connectivity index (χ2v) is 7.36. The van der Waals surface area contributed by atoms with Crippen LogP contribution < -0.4 is 14.2 Å². The molecular weight excluding hydrogens is 414 g/mol. The maximum Gasteiger partial charge on any atom is 0.191 e. The summed E-state index contributed by atoms with van der Waals surface area (Å²) in [5, 5.41) is 9.57. The van der Waals surface area contributed by atoms with Gasteiger partial charge in [-0.2, -0.15) is 0 Å². The number of halogens is 1. The van der Waals surface area contributed by atoms with Crippen LogP contribution in [-0.4, -0.2) is 40.5 Å². The molecule has 0 amide bonds. The highest BCUT2D eigenvalue weighted by Crippen LogP contribution is 2.28. The number of nitrogens with zero attached hydrogens (tertiary/aromatic N) is 3. The van der Waals surface area contributed by atoms with Gasteiger partial charge in [0.1, 0.15) is 12.4 Å². The highest BCUT2D eigenvalue weighted by molar-refractivity contribution is 7.99. The monoisotopic (exact) mass is 433 g/mol. The molecule has 0 saturated carbocycles. The predicted molar refractivity (Wildman–Crippen MR) is 111 cm³/mol. The Balaban J connectivity index is 1.59. The molecule has 29 heavy (non-hydrogen) atoms. The van der Waals surface area contributed by atoms with Gasteiger partial charge in [-0.05, 0) is 42.5 Å². The molecule has 1 heterocycles. The Morgan fingerprint density at radius 2 is 1.79 bits per heavy atom. The quantitative estimate of drug-likeness (QED) is 0.372. The van der Waals surface area contributed by atoms with Crippen LogP contribution in [0, 0.1) is 0 Å². The second kappa shape index (κ2) is 9.67. The van der Waals surface area contributed by atoms with E-state index in [2.05, 4.69) is 10.2 Å². The topological polar surface area (TPSA) is 75.5 Å². The highest BCUT2D eigenvalue weighted by Gasteiger charge is 2.15. The van der Waals surface area contributed by atoms with E-state index in [-0.39, 0.29) is 18.1 Å². The first-order valence-corrected chi connectivity index (χ1v) is 10.0. The van der Waals surface area contributed by atoms with E-state index in [1.54, 1.807) is 49.6 Å². The Morgan fingerprint density at radius 1 is 1.07 bits per heavy atom. The first kappa shape index (κ1) is 21.0. The largest absolute Gasteiger partial charge is 0.493 e. The Hall–Kier alpha value is -2.71. The van der Waals surface area contributed by atoms with E-state index in [1.807, 2.05) is 11.6 Å². The molecule has 0 radical (unpaired) electrons.